The Kier molecular flexibility index (Phi) is 7.43. The first kappa shape index (κ1) is 22.2. The largest absolute Gasteiger partial charge is 0.486 e. The monoisotopic (exact) mass is 465 g/mol. The zero-order valence-corrected chi connectivity index (χ0v) is 18.0. The number of aromatic carboxylic acids is 1. The Morgan fingerprint density at radius 3 is 2.43 bits per heavy atom. The molecule has 1 amide bonds. The number of halogens is 3. The van der Waals surface area contributed by atoms with E-state index >= 15 is 0 Å². The number of rotatable bonds is 7. The first-order valence-electron chi connectivity index (χ1n) is 9.10. The Balaban J connectivity index is 1.78. The molecular formula is C22H18Cl3NO4. The minimum Gasteiger partial charge on any atom is -0.486 e. The predicted octanol–water partition coefficient (Wildman–Crippen LogP) is 5.47. The van der Waals surface area contributed by atoms with Gasteiger partial charge >= 0.3 is 5.97 Å². The van der Waals surface area contributed by atoms with Gasteiger partial charge in [0.2, 0.25) is 5.91 Å². The van der Waals surface area contributed by atoms with Crippen molar-refractivity contribution in [1.82, 2.24) is 4.90 Å². The third-order valence-electron chi connectivity index (χ3n) is 4.53. The van der Waals surface area contributed by atoms with Crippen molar-refractivity contribution in [3.8, 4) is 5.75 Å². The lowest BCUT2D eigenvalue weighted by Gasteiger charge is -2.25. The molecule has 0 saturated carbocycles. The van der Waals surface area contributed by atoms with Crippen LogP contribution >= 0.6 is 34.8 Å². The van der Waals surface area contributed by atoms with E-state index in [0.29, 0.717) is 39.5 Å². The van der Waals surface area contributed by atoms with Crippen molar-refractivity contribution in [2.45, 2.75) is 12.8 Å². The lowest BCUT2D eigenvalue weighted by molar-refractivity contribution is -0.128. The number of hydrogen-bond donors (Lipinski definition) is 1. The molecule has 1 heterocycles. The molecule has 0 aromatic heterocycles. The Bertz CT molecular complexity index is 1020. The van der Waals surface area contributed by atoms with Crippen molar-refractivity contribution >= 4 is 46.7 Å². The van der Waals surface area contributed by atoms with Crippen LogP contribution in [0, 0.1) is 0 Å². The highest BCUT2D eigenvalue weighted by atomic mass is 35.5. The highest BCUT2D eigenvalue weighted by Gasteiger charge is 2.25. The molecule has 0 bridgehead atoms. The molecule has 5 nitrogen and oxygen atoms in total. The standard InChI is InChI=1S/C22H18Cl3NO4/c23-16-11-18(25)19(13-30-20-4-2-1-3-17(20)24)26(21(27)12-16)10-9-14-5-7-15(8-6-14)22(28)29/h1-8,11H,9-10,12-13H2,(H,28,29). The number of carbonyl (C=O) groups excluding carboxylic acids is 1. The molecule has 0 saturated heterocycles. The molecule has 156 valence electrons. The SMILES string of the molecule is O=C(O)c1ccc(CCN2C(=O)CC(Cl)=CC(Cl)=C2COc2ccccc2Cl)cc1. The van der Waals surface area contributed by atoms with Crippen LogP contribution in [0.15, 0.2) is 70.4 Å². The third-order valence-corrected chi connectivity index (χ3v) is 5.41. The van der Waals surface area contributed by atoms with E-state index in [0.717, 1.165) is 5.56 Å². The number of carboxylic acids is 1. The van der Waals surface area contributed by atoms with Crippen molar-refractivity contribution < 1.29 is 19.4 Å². The molecule has 1 aliphatic heterocycles. The summed E-state index contributed by atoms with van der Waals surface area (Å²) in [5.41, 5.74) is 1.58. The average molecular weight is 467 g/mol. The second-order valence-electron chi connectivity index (χ2n) is 6.58. The zero-order valence-electron chi connectivity index (χ0n) is 15.8. The second-order valence-corrected chi connectivity index (χ2v) is 7.88. The van der Waals surface area contributed by atoms with Gasteiger partial charge in [0.15, 0.2) is 0 Å². The maximum atomic E-state index is 12.8. The summed E-state index contributed by atoms with van der Waals surface area (Å²) in [5.74, 6) is -0.711. The summed E-state index contributed by atoms with van der Waals surface area (Å²) in [7, 11) is 0. The van der Waals surface area contributed by atoms with E-state index in [2.05, 4.69) is 0 Å². The van der Waals surface area contributed by atoms with Gasteiger partial charge in [-0.3, -0.25) is 4.79 Å². The van der Waals surface area contributed by atoms with E-state index in [1.54, 1.807) is 47.4 Å². The predicted molar refractivity (Wildman–Crippen MR) is 117 cm³/mol. The van der Waals surface area contributed by atoms with Crippen LogP contribution in [0.1, 0.15) is 22.3 Å². The number of para-hydroxylation sites is 1. The summed E-state index contributed by atoms with van der Waals surface area (Å²) in [6.07, 6.45) is 2.09. The van der Waals surface area contributed by atoms with Gasteiger partial charge in [-0.25, -0.2) is 4.79 Å². The van der Waals surface area contributed by atoms with Crippen LogP contribution in [0.4, 0.5) is 0 Å². The number of hydrogen-bond acceptors (Lipinski definition) is 3. The van der Waals surface area contributed by atoms with Crippen molar-refractivity contribution in [3.63, 3.8) is 0 Å². The number of benzene rings is 2. The van der Waals surface area contributed by atoms with Crippen molar-refractivity contribution in [2.24, 2.45) is 0 Å². The van der Waals surface area contributed by atoms with Crippen LogP contribution in [0.25, 0.3) is 0 Å². The quantitative estimate of drug-likeness (QED) is 0.588. The topological polar surface area (TPSA) is 66.8 Å². The van der Waals surface area contributed by atoms with Crippen LogP contribution in [0.3, 0.4) is 0 Å². The average Bonchev–Trinajstić information content (AvgIpc) is 2.81. The van der Waals surface area contributed by atoms with Crippen molar-refractivity contribution in [1.29, 1.82) is 0 Å². The van der Waals surface area contributed by atoms with Gasteiger partial charge in [-0.05, 0) is 42.3 Å². The van der Waals surface area contributed by atoms with Gasteiger partial charge in [0, 0.05) is 11.6 Å². The Labute approximate surface area is 189 Å². The van der Waals surface area contributed by atoms with Gasteiger partial charge in [-0.15, -0.1) is 0 Å². The first-order chi connectivity index (χ1) is 14.3. The summed E-state index contributed by atoms with van der Waals surface area (Å²) in [6, 6.07) is 13.5. The van der Waals surface area contributed by atoms with Crippen LogP contribution in [0.2, 0.25) is 5.02 Å². The summed E-state index contributed by atoms with van der Waals surface area (Å²) in [4.78, 5) is 25.3. The highest BCUT2D eigenvalue weighted by molar-refractivity contribution is 6.36. The fraction of sp³-hybridized carbons (Fsp3) is 0.182. The van der Waals surface area contributed by atoms with Gasteiger partial charge in [-0.2, -0.15) is 0 Å². The van der Waals surface area contributed by atoms with Gasteiger partial charge in [0.25, 0.3) is 0 Å². The molecule has 2 aromatic rings. The van der Waals surface area contributed by atoms with Crippen LogP contribution < -0.4 is 4.74 Å². The van der Waals surface area contributed by atoms with Gasteiger partial charge in [-0.1, -0.05) is 59.1 Å². The molecule has 0 radical (unpaired) electrons. The summed E-state index contributed by atoms with van der Waals surface area (Å²) >= 11 is 18.7. The number of carboxylic acid groups (broad SMARTS) is 1. The number of allylic oxidation sites excluding steroid dienone is 2. The Hall–Kier alpha value is -2.47. The smallest absolute Gasteiger partial charge is 0.335 e. The maximum absolute atomic E-state index is 12.8. The molecule has 2 aromatic carbocycles. The Morgan fingerprint density at radius 2 is 1.77 bits per heavy atom. The first-order valence-corrected chi connectivity index (χ1v) is 10.2. The number of nitrogens with zero attached hydrogens (tertiary/aromatic N) is 1. The van der Waals surface area contributed by atoms with Gasteiger partial charge in [0.1, 0.15) is 12.4 Å². The molecule has 0 unspecified atom stereocenters. The van der Waals surface area contributed by atoms with E-state index in [4.69, 9.17) is 44.6 Å². The van der Waals surface area contributed by atoms with Gasteiger partial charge < -0.3 is 14.7 Å². The van der Waals surface area contributed by atoms with Crippen molar-refractivity contribution in [3.05, 3.63) is 86.5 Å². The van der Waals surface area contributed by atoms with Crippen LogP contribution in [-0.4, -0.2) is 35.0 Å². The summed E-state index contributed by atoms with van der Waals surface area (Å²) in [6.45, 7) is 0.369. The molecular weight excluding hydrogens is 449 g/mol. The van der Waals surface area contributed by atoms with E-state index in [9.17, 15) is 9.59 Å². The summed E-state index contributed by atoms with van der Waals surface area (Å²) < 4.78 is 5.80. The third kappa shape index (κ3) is 5.57. The second kappa shape index (κ2) is 10.0. The number of carbonyl (C=O) groups is 2. The van der Waals surface area contributed by atoms with Crippen molar-refractivity contribution in [2.75, 3.05) is 13.2 Å². The van der Waals surface area contributed by atoms with Gasteiger partial charge in [0.05, 0.1) is 27.7 Å². The minimum absolute atomic E-state index is 0.0331. The Morgan fingerprint density at radius 1 is 1.07 bits per heavy atom. The van der Waals surface area contributed by atoms with E-state index in [-0.39, 0.29) is 24.5 Å². The van der Waals surface area contributed by atoms with E-state index in [1.165, 1.54) is 12.1 Å². The molecule has 0 atom stereocenters. The minimum atomic E-state index is -0.987. The molecule has 1 N–H and O–H groups in total. The molecule has 3 rings (SSSR count). The molecule has 1 aliphatic rings. The van der Waals surface area contributed by atoms with Crippen LogP contribution in [-0.2, 0) is 11.2 Å². The number of amides is 1. The fourth-order valence-corrected chi connectivity index (χ4v) is 3.72. The molecule has 0 fully saturated rings. The molecule has 8 heteroatoms. The van der Waals surface area contributed by atoms with E-state index in [1.807, 2.05) is 0 Å². The maximum Gasteiger partial charge on any atom is 0.335 e. The van der Waals surface area contributed by atoms with Crippen LogP contribution in [0.5, 0.6) is 5.75 Å². The fourth-order valence-electron chi connectivity index (χ4n) is 2.96. The number of ether oxygens (including phenoxy) is 1. The highest BCUT2D eigenvalue weighted by Crippen LogP contribution is 2.29. The zero-order chi connectivity index (χ0) is 21.7. The molecule has 0 aliphatic carbocycles. The molecule has 0 spiro atoms. The lowest BCUT2D eigenvalue weighted by Crippen LogP contribution is -2.34. The lowest BCUT2D eigenvalue weighted by atomic mass is 10.1. The normalized spacial score (nSPS) is 14.4. The molecule has 30 heavy (non-hydrogen) atoms. The van der Waals surface area contributed by atoms with E-state index < -0.39 is 5.97 Å². The summed E-state index contributed by atoms with van der Waals surface area (Å²) in [5, 5.41) is 10.1.